The Balaban J connectivity index is 1.75. The van der Waals surface area contributed by atoms with Gasteiger partial charge in [0.05, 0.1) is 42.2 Å². The number of hydrogen-bond donors (Lipinski definition) is 0. The fourth-order valence-corrected chi connectivity index (χ4v) is 5.87. The zero-order valence-corrected chi connectivity index (χ0v) is 25.1. The predicted molar refractivity (Wildman–Crippen MR) is 167 cm³/mol. The molecule has 0 fully saturated rings. The van der Waals surface area contributed by atoms with E-state index in [1.54, 1.807) is 30.8 Å². The van der Waals surface area contributed by atoms with Crippen LogP contribution in [-0.2, 0) is 9.53 Å². The van der Waals surface area contributed by atoms with E-state index in [4.69, 9.17) is 23.9 Å². The summed E-state index contributed by atoms with van der Waals surface area (Å²) < 4.78 is 24.6. The summed E-state index contributed by atoms with van der Waals surface area (Å²) in [5, 5.41) is 0. The highest BCUT2D eigenvalue weighted by Crippen LogP contribution is 2.36. The van der Waals surface area contributed by atoms with E-state index in [0.717, 1.165) is 11.1 Å². The molecule has 220 valence electrons. The van der Waals surface area contributed by atoms with Gasteiger partial charge in [-0.25, -0.2) is 9.79 Å². The van der Waals surface area contributed by atoms with Gasteiger partial charge in [0.2, 0.25) is 0 Å². The lowest BCUT2D eigenvalue weighted by Gasteiger charge is -2.26. The zero-order chi connectivity index (χ0) is 30.3. The van der Waals surface area contributed by atoms with Crippen molar-refractivity contribution in [1.82, 2.24) is 4.57 Å². The summed E-state index contributed by atoms with van der Waals surface area (Å²) >= 11 is 1.25. The molecule has 8 nitrogen and oxygen atoms in total. The van der Waals surface area contributed by atoms with Crippen molar-refractivity contribution in [2.45, 2.75) is 19.9 Å². The highest BCUT2D eigenvalue weighted by molar-refractivity contribution is 7.07. The first-order valence-electron chi connectivity index (χ1n) is 13.9. The molecule has 1 aromatic heterocycles. The number of nitrogens with zero attached hydrogens (tertiary/aromatic N) is 2. The van der Waals surface area contributed by atoms with Crippen LogP contribution in [0.25, 0.3) is 11.8 Å². The highest BCUT2D eigenvalue weighted by atomic mass is 32.1. The fourth-order valence-electron chi connectivity index (χ4n) is 4.87. The molecule has 43 heavy (non-hydrogen) atoms. The summed E-state index contributed by atoms with van der Waals surface area (Å²) in [7, 11) is 1.58. The number of hydrogen-bond acceptors (Lipinski definition) is 8. The van der Waals surface area contributed by atoms with E-state index in [-0.39, 0.29) is 17.7 Å². The van der Waals surface area contributed by atoms with Gasteiger partial charge in [-0.1, -0.05) is 72.5 Å². The van der Waals surface area contributed by atoms with E-state index < -0.39 is 12.0 Å². The zero-order valence-electron chi connectivity index (χ0n) is 24.2. The Morgan fingerprint density at radius 2 is 1.81 bits per heavy atom. The van der Waals surface area contributed by atoms with Crippen LogP contribution in [0, 0.1) is 0 Å². The number of benzene rings is 3. The maximum absolute atomic E-state index is 14.2. The Labute approximate surface area is 253 Å². The van der Waals surface area contributed by atoms with Gasteiger partial charge in [0.25, 0.3) is 5.56 Å². The summed E-state index contributed by atoms with van der Waals surface area (Å²) in [6.45, 7) is 8.32. The topological polar surface area (TPSA) is 88.4 Å². The van der Waals surface area contributed by atoms with Gasteiger partial charge in [-0.2, -0.15) is 0 Å². The Kier molecular flexibility index (Phi) is 9.22. The van der Waals surface area contributed by atoms with E-state index in [1.165, 1.54) is 11.3 Å². The number of ether oxygens (including phenoxy) is 4. The molecule has 0 amide bonds. The van der Waals surface area contributed by atoms with Crippen LogP contribution in [0.4, 0.5) is 0 Å². The smallest absolute Gasteiger partial charge is 0.338 e. The predicted octanol–water partition coefficient (Wildman–Crippen LogP) is 4.91. The molecule has 1 atom stereocenters. The number of fused-ring (bicyclic) bond motifs is 1. The lowest BCUT2D eigenvalue weighted by molar-refractivity contribution is -0.138. The summed E-state index contributed by atoms with van der Waals surface area (Å²) in [5.74, 6) is 1.22. The number of methoxy groups -OCH3 is 1. The minimum absolute atomic E-state index is 0.175. The van der Waals surface area contributed by atoms with Crippen LogP contribution in [0.3, 0.4) is 0 Å². The molecule has 0 aliphatic carbocycles. The Morgan fingerprint density at radius 1 is 1.00 bits per heavy atom. The van der Waals surface area contributed by atoms with Gasteiger partial charge in [-0.15, -0.1) is 0 Å². The Hall–Kier alpha value is -4.89. The minimum Gasteiger partial charge on any atom is -0.497 e. The second-order valence-corrected chi connectivity index (χ2v) is 10.5. The largest absolute Gasteiger partial charge is 0.497 e. The molecular formula is C34H32N2O6S. The molecule has 9 heteroatoms. The van der Waals surface area contributed by atoms with Crippen LogP contribution in [0.2, 0.25) is 0 Å². The molecule has 0 radical (unpaired) electrons. The summed E-state index contributed by atoms with van der Waals surface area (Å²) in [6.07, 6.45) is 3.46. The molecule has 5 rings (SSSR count). The van der Waals surface area contributed by atoms with Gasteiger partial charge in [0.1, 0.15) is 12.4 Å². The third kappa shape index (κ3) is 6.17. The van der Waals surface area contributed by atoms with Crippen LogP contribution in [0.15, 0.2) is 101 Å². The highest BCUT2D eigenvalue weighted by Gasteiger charge is 2.35. The standard InChI is InChI=1S/C34H32N2O6S/c1-5-18-42-26-17-16-22(19-27(26)40-6-2)20-28-32(37)36-31(24-14-11-15-25(21-24)39-4)29(33(38)41-7-3)30(35-34(36)43-28)23-12-9-8-10-13-23/h5,8-17,19-21,31H,1,6-7,18H2,2-4H3/b28-20-/t31-/m0/s1. The van der Waals surface area contributed by atoms with Crippen LogP contribution in [-0.4, -0.2) is 37.5 Å². The number of rotatable bonds is 11. The van der Waals surface area contributed by atoms with Crippen molar-refractivity contribution < 1.29 is 23.7 Å². The van der Waals surface area contributed by atoms with Crippen molar-refractivity contribution in [1.29, 1.82) is 0 Å². The Morgan fingerprint density at radius 3 is 2.53 bits per heavy atom. The van der Waals surface area contributed by atoms with Gasteiger partial charge in [0, 0.05) is 5.56 Å². The molecule has 2 heterocycles. The second kappa shape index (κ2) is 13.4. The molecule has 0 N–H and O–H groups in total. The first-order chi connectivity index (χ1) is 21.0. The van der Waals surface area contributed by atoms with E-state index in [2.05, 4.69) is 6.58 Å². The van der Waals surface area contributed by atoms with Crippen molar-refractivity contribution >= 4 is 29.1 Å². The van der Waals surface area contributed by atoms with Crippen molar-refractivity contribution in [3.05, 3.63) is 127 Å². The molecule has 4 aromatic rings. The molecule has 0 bridgehead atoms. The average Bonchev–Trinajstić information content (AvgIpc) is 3.34. The first-order valence-corrected chi connectivity index (χ1v) is 14.7. The lowest BCUT2D eigenvalue weighted by Crippen LogP contribution is -2.40. The first kappa shape index (κ1) is 29.6. The number of esters is 1. The van der Waals surface area contributed by atoms with Gasteiger partial charge >= 0.3 is 5.97 Å². The molecular weight excluding hydrogens is 564 g/mol. The summed E-state index contributed by atoms with van der Waals surface area (Å²) in [4.78, 5) is 33.1. The van der Waals surface area contributed by atoms with Crippen molar-refractivity contribution in [2.75, 3.05) is 26.9 Å². The second-order valence-electron chi connectivity index (χ2n) is 9.45. The van der Waals surface area contributed by atoms with Crippen LogP contribution in [0.5, 0.6) is 17.2 Å². The molecule has 1 aliphatic heterocycles. The lowest BCUT2D eigenvalue weighted by atomic mass is 9.93. The third-order valence-electron chi connectivity index (χ3n) is 6.71. The molecule has 1 aliphatic rings. The number of aromatic nitrogens is 1. The number of thiazole rings is 1. The SMILES string of the molecule is C=CCOc1ccc(/C=c2\sc3n(c2=O)[C@@H](c2cccc(OC)c2)C(C(=O)OCC)=C(c2ccccc2)N=3)cc1OCC. The van der Waals surface area contributed by atoms with Crippen molar-refractivity contribution in [3.8, 4) is 17.2 Å². The monoisotopic (exact) mass is 596 g/mol. The molecule has 0 saturated heterocycles. The molecule has 0 saturated carbocycles. The van der Waals surface area contributed by atoms with Crippen LogP contribution < -0.4 is 29.1 Å². The van der Waals surface area contributed by atoms with Gasteiger partial charge < -0.3 is 18.9 Å². The van der Waals surface area contributed by atoms with Gasteiger partial charge in [-0.05, 0) is 55.3 Å². The van der Waals surface area contributed by atoms with Crippen molar-refractivity contribution in [3.63, 3.8) is 0 Å². The summed E-state index contributed by atoms with van der Waals surface area (Å²) in [5.41, 5.74) is 2.65. The third-order valence-corrected chi connectivity index (χ3v) is 7.69. The maximum atomic E-state index is 14.2. The number of carbonyl (C=O) groups is 1. The van der Waals surface area contributed by atoms with E-state index in [9.17, 15) is 9.59 Å². The van der Waals surface area contributed by atoms with Crippen molar-refractivity contribution in [2.24, 2.45) is 4.99 Å². The molecule has 0 unspecified atom stereocenters. The quantitative estimate of drug-likeness (QED) is 0.181. The van der Waals surface area contributed by atoms with Crippen LogP contribution in [0.1, 0.15) is 36.6 Å². The Bertz CT molecular complexity index is 1860. The summed E-state index contributed by atoms with van der Waals surface area (Å²) in [6, 6.07) is 21.5. The maximum Gasteiger partial charge on any atom is 0.338 e. The minimum atomic E-state index is -0.795. The van der Waals surface area contributed by atoms with E-state index in [0.29, 0.717) is 51.1 Å². The molecule has 0 spiro atoms. The molecule has 3 aromatic carbocycles. The van der Waals surface area contributed by atoms with Gasteiger partial charge in [0.15, 0.2) is 16.3 Å². The van der Waals surface area contributed by atoms with Crippen LogP contribution >= 0.6 is 11.3 Å². The van der Waals surface area contributed by atoms with E-state index in [1.807, 2.05) is 79.7 Å². The fraction of sp³-hybridized carbons (Fsp3) is 0.206. The van der Waals surface area contributed by atoms with E-state index >= 15 is 0 Å². The van der Waals surface area contributed by atoms with Gasteiger partial charge in [-0.3, -0.25) is 9.36 Å². The average molecular weight is 597 g/mol. The normalized spacial score (nSPS) is 14.5. The number of carbonyl (C=O) groups excluding carboxylic acids is 1.